The Morgan fingerprint density at radius 2 is 1.52 bits per heavy atom. The maximum absolute atomic E-state index is 11.0. The van der Waals surface area contributed by atoms with Crippen LogP contribution in [0.15, 0.2) is 23.2 Å². The van der Waals surface area contributed by atoms with Crippen molar-refractivity contribution in [1.82, 2.24) is 0 Å². The topological polar surface area (TPSA) is 83.8 Å². The molecule has 120 valence electrons. The molecule has 5 nitrogen and oxygen atoms in total. The number of rotatable bonds is 11. The highest BCUT2D eigenvalue weighted by Crippen LogP contribution is 2.17. The van der Waals surface area contributed by atoms with E-state index in [0.29, 0.717) is 12.2 Å². The summed E-state index contributed by atoms with van der Waals surface area (Å²) in [7, 11) is 0. The molecule has 0 aromatic heterocycles. The fourth-order valence-electron chi connectivity index (χ4n) is 1.73. The van der Waals surface area contributed by atoms with E-state index in [1.807, 2.05) is 0 Å². The minimum absolute atomic E-state index is 0.0358. The van der Waals surface area contributed by atoms with Gasteiger partial charge in [-0.1, -0.05) is 39.0 Å². The van der Waals surface area contributed by atoms with Gasteiger partial charge in [-0.15, -0.1) is 0 Å². The van der Waals surface area contributed by atoms with Crippen LogP contribution < -0.4 is 0 Å². The third-order valence-electron chi connectivity index (χ3n) is 3.21. The van der Waals surface area contributed by atoms with Gasteiger partial charge in [-0.25, -0.2) is 9.59 Å². The summed E-state index contributed by atoms with van der Waals surface area (Å²) in [5, 5.41) is 17.8. The molecule has 0 spiro atoms. The summed E-state index contributed by atoms with van der Waals surface area (Å²) >= 11 is 0. The number of allylic oxidation sites excluding steroid dienone is 1. The largest absolute Gasteiger partial charge is 0.478 e. The summed E-state index contributed by atoms with van der Waals surface area (Å²) in [5.41, 5.74) is 0.159. The lowest BCUT2D eigenvalue weighted by atomic mass is 10.1. The van der Waals surface area contributed by atoms with Crippen LogP contribution in [0.4, 0.5) is 0 Å². The summed E-state index contributed by atoms with van der Waals surface area (Å²) in [6.07, 6.45) is 8.17. The molecule has 0 saturated heterocycles. The molecule has 21 heavy (non-hydrogen) atoms. The third kappa shape index (κ3) is 8.89. The molecule has 0 radical (unpaired) electrons. The van der Waals surface area contributed by atoms with Gasteiger partial charge in [0.25, 0.3) is 0 Å². The average Bonchev–Trinajstić information content (AvgIpc) is 2.44. The van der Waals surface area contributed by atoms with Gasteiger partial charge in [0.15, 0.2) is 0 Å². The Kier molecular flexibility index (Phi) is 10.0. The standard InChI is InChI=1S/C16H26O5/c1-4-5-6-7-8-9-10-14(13(3)16(19)20)21-11-12(2)15(17)18/h11H,4-10H2,1-3H3,(H,17,18)(H,19,20). The molecular formula is C16H26O5. The molecule has 0 unspecified atom stereocenters. The molecule has 0 saturated carbocycles. The van der Waals surface area contributed by atoms with Crippen LogP contribution in [0.2, 0.25) is 0 Å². The predicted octanol–water partition coefficient (Wildman–Crippen LogP) is 4.10. The lowest BCUT2D eigenvalue weighted by Gasteiger charge is -2.09. The van der Waals surface area contributed by atoms with E-state index < -0.39 is 11.9 Å². The van der Waals surface area contributed by atoms with Crippen LogP contribution in [-0.4, -0.2) is 22.2 Å². The van der Waals surface area contributed by atoms with Crippen LogP contribution in [0.3, 0.4) is 0 Å². The second kappa shape index (κ2) is 10.9. The lowest BCUT2D eigenvalue weighted by Crippen LogP contribution is -2.04. The summed E-state index contributed by atoms with van der Waals surface area (Å²) in [6, 6.07) is 0. The van der Waals surface area contributed by atoms with Crippen LogP contribution >= 0.6 is 0 Å². The van der Waals surface area contributed by atoms with Crippen LogP contribution in [0, 0.1) is 0 Å². The molecule has 5 heteroatoms. The first-order valence-corrected chi connectivity index (χ1v) is 7.39. The van der Waals surface area contributed by atoms with Crippen LogP contribution in [0.5, 0.6) is 0 Å². The van der Waals surface area contributed by atoms with E-state index in [1.54, 1.807) is 0 Å². The second-order valence-electron chi connectivity index (χ2n) is 5.09. The SMILES string of the molecule is CCCCCCCCC(OC=C(C)C(=O)O)=C(C)C(=O)O. The number of unbranched alkanes of at least 4 members (excludes halogenated alkanes) is 5. The molecule has 0 fully saturated rings. The molecule has 0 atom stereocenters. The fourth-order valence-corrected chi connectivity index (χ4v) is 1.73. The van der Waals surface area contributed by atoms with Gasteiger partial charge in [0.1, 0.15) is 12.0 Å². The monoisotopic (exact) mass is 298 g/mol. The summed E-state index contributed by atoms with van der Waals surface area (Å²) in [4.78, 5) is 21.7. The zero-order valence-corrected chi connectivity index (χ0v) is 13.1. The van der Waals surface area contributed by atoms with Crippen molar-refractivity contribution in [1.29, 1.82) is 0 Å². The molecular weight excluding hydrogens is 272 g/mol. The van der Waals surface area contributed by atoms with Gasteiger partial charge in [0.05, 0.1) is 11.1 Å². The van der Waals surface area contributed by atoms with Crippen molar-refractivity contribution >= 4 is 11.9 Å². The van der Waals surface area contributed by atoms with Crippen molar-refractivity contribution < 1.29 is 24.5 Å². The van der Waals surface area contributed by atoms with E-state index in [9.17, 15) is 9.59 Å². The van der Waals surface area contributed by atoms with E-state index in [4.69, 9.17) is 14.9 Å². The molecule has 0 aliphatic rings. The van der Waals surface area contributed by atoms with E-state index in [1.165, 1.54) is 33.1 Å². The number of carboxylic acid groups (broad SMARTS) is 2. The first kappa shape index (κ1) is 19.2. The first-order valence-electron chi connectivity index (χ1n) is 7.39. The van der Waals surface area contributed by atoms with Crippen molar-refractivity contribution in [3.05, 3.63) is 23.2 Å². The zero-order valence-electron chi connectivity index (χ0n) is 13.1. The third-order valence-corrected chi connectivity index (χ3v) is 3.21. The average molecular weight is 298 g/mol. The highest BCUT2D eigenvalue weighted by Gasteiger charge is 2.11. The molecule has 0 heterocycles. The van der Waals surface area contributed by atoms with Crippen molar-refractivity contribution in [2.24, 2.45) is 0 Å². The quantitative estimate of drug-likeness (QED) is 0.341. The van der Waals surface area contributed by atoms with Gasteiger partial charge in [0, 0.05) is 6.42 Å². The van der Waals surface area contributed by atoms with Crippen molar-refractivity contribution in [3.63, 3.8) is 0 Å². The Balaban J connectivity index is 4.50. The second-order valence-corrected chi connectivity index (χ2v) is 5.09. The van der Waals surface area contributed by atoms with Gasteiger partial charge in [-0.2, -0.15) is 0 Å². The summed E-state index contributed by atoms with van der Waals surface area (Å²) in [6.45, 7) is 5.03. The Morgan fingerprint density at radius 1 is 0.952 bits per heavy atom. The van der Waals surface area contributed by atoms with Crippen LogP contribution in [-0.2, 0) is 14.3 Å². The van der Waals surface area contributed by atoms with Crippen molar-refractivity contribution in [2.45, 2.75) is 65.7 Å². The van der Waals surface area contributed by atoms with Crippen molar-refractivity contribution in [3.8, 4) is 0 Å². The number of carboxylic acids is 2. The minimum Gasteiger partial charge on any atom is -0.478 e. The summed E-state index contributed by atoms with van der Waals surface area (Å²) < 4.78 is 5.27. The van der Waals surface area contributed by atoms with E-state index in [2.05, 4.69) is 6.92 Å². The Hall–Kier alpha value is -1.78. The van der Waals surface area contributed by atoms with Gasteiger partial charge in [-0.3, -0.25) is 0 Å². The van der Waals surface area contributed by atoms with E-state index >= 15 is 0 Å². The number of hydrogen-bond acceptors (Lipinski definition) is 3. The molecule has 0 bridgehead atoms. The van der Waals surface area contributed by atoms with Crippen LogP contribution in [0.25, 0.3) is 0 Å². The fraction of sp³-hybridized carbons (Fsp3) is 0.625. The number of carbonyl (C=O) groups is 2. The molecule has 0 aliphatic heterocycles. The van der Waals surface area contributed by atoms with Gasteiger partial charge in [-0.05, 0) is 20.3 Å². The Bertz CT molecular complexity index is 407. The first-order chi connectivity index (χ1) is 9.90. The molecule has 0 rings (SSSR count). The number of aliphatic carboxylic acids is 2. The summed E-state index contributed by atoms with van der Waals surface area (Å²) in [5.74, 6) is -1.79. The number of hydrogen-bond donors (Lipinski definition) is 2. The maximum atomic E-state index is 11.0. The molecule has 0 aromatic rings. The molecule has 2 N–H and O–H groups in total. The van der Waals surface area contributed by atoms with Crippen LogP contribution in [0.1, 0.15) is 65.7 Å². The van der Waals surface area contributed by atoms with E-state index in [0.717, 1.165) is 25.5 Å². The zero-order chi connectivity index (χ0) is 16.3. The van der Waals surface area contributed by atoms with Crippen molar-refractivity contribution in [2.75, 3.05) is 0 Å². The lowest BCUT2D eigenvalue weighted by molar-refractivity contribution is -0.133. The smallest absolute Gasteiger partial charge is 0.334 e. The highest BCUT2D eigenvalue weighted by atomic mass is 16.5. The normalized spacial score (nSPS) is 12.8. The number of ether oxygens (including phenoxy) is 1. The van der Waals surface area contributed by atoms with Gasteiger partial charge < -0.3 is 14.9 Å². The minimum atomic E-state index is -1.08. The highest BCUT2D eigenvalue weighted by molar-refractivity contribution is 5.87. The molecule has 0 amide bonds. The van der Waals surface area contributed by atoms with Gasteiger partial charge >= 0.3 is 11.9 Å². The molecule has 0 aliphatic carbocycles. The van der Waals surface area contributed by atoms with E-state index in [-0.39, 0.29) is 11.1 Å². The maximum Gasteiger partial charge on any atom is 0.334 e. The predicted molar refractivity (Wildman–Crippen MR) is 80.8 cm³/mol. The Morgan fingerprint density at radius 3 is 2.05 bits per heavy atom. The molecule has 0 aromatic carbocycles. The van der Waals surface area contributed by atoms with Gasteiger partial charge in [0.2, 0.25) is 0 Å². The Labute approximate surface area is 126 Å².